The molecule has 0 aromatic heterocycles. The fourth-order valence-electron chi connectivity index (χ4n) is 1.34. The maximum Gasteiger partial charge on any atom is 0.269 e. The van der Waals surface area contributed by atoms with Crippen molar-refractivity contribution in [2.24, 2.45) is 5.92 Å². The minimum Gasteiger partial charge on any atom is -0.312 e. The zero-order chi connectivity index (χ0) is 12.0. The van der Waals surface area contributed by atoms with Crippen molar-refractivity contribution in [2.75, 3.05) is 6.54 Å². The van der Waals surface area contributed by atoms with Crippen LogP contribution in [-0.4, -0.2) is 11.5 Å². The second-order valence-electron chi connectivity index (χ2n) is 4.07. The van der Waals surface area contributed by atoms with Gasteiger partial charge in [-0.15, -0.1) is 0 Å². The van der Waals surface area contributed by atoms with Gasteiger partial charge < -0.3 is 5.32 Å². The molecule has 1 aromatic rings. The second-order valence-corrected chi connectivity index (χ2v) is 4.07. The SMILES string of the molecule is CCC(C)CNCc1ccc([N+](=O)[O-])cc1. The van der Waals surface area contributed by atoms with Crippen molar-refractivity contribution in [3.63, 3.8) is 0 Å². The van der Waals surface area contributed by atoms with Crippen LogP contribution in [0.5, 0.6) is 0 Å². The lowest BCUT2D eigenvalue weighted by molar-refractivity contribution is -0.384. The summed E-state index contributed by atoms with van der Waals surface area (Å²) in [5.74, 6) is 0.665. The van der Waals surface area contributed by atoms with Crippen LogP contribution < -0.4 is 5.32 Å². The van der Waals surface area contributed by atoms with Crippen LogP contribution in [-0.2, 0) is 6.54 Å². The van der Waals surface area contributed by atoms with Crippen molar-refractivity contribution in [1.82, 2.24) is 5.32 Å². The van der Waals surface area contributed by atoms with Crippen LogP contribution in [0, 0.1) is 16.0 Å². The van der Waals surface area contributed by atoms with Gasteiger partial charge in [-0.3, -0.25) is 10.1 Å². The van der Waals surface area contributed by atoms with Crippen molar-refractivity contribution in [2.45, 2.75) is 26.8 Å². The zero-order valence-electron chi connectivity index (χ0n) is 9.77. The zero-order valence-corrected chi connectivity index (χ0v) is 9.77. The molecule has 1 N–H and O–H groups in total. The fraction of sp³-hybridized carbons (Fsp3) is 0.500. The predicted molar refractivity (Wildman–Crippen MR) is 64.3 cm³/mol. The standard InChI is InChI=1S/C12H18N2O2/c1-3-10(2)8-13-9-11-4-6-12(7-5-11)14(15)16/h4-7,10,13H,3,8-9H2,1-2H3. The molecule has 0 saturated heterocycles. The van der Waals surface area contributed by atoms with Gasteiger partial charge in [0.05, 0.1) is 4.92 Å². The fourth-order valence-corrected chi connectivity index (χ4v) is 1.34. The largest absolute Gasteiger partial charge is 0.312 e. The first-order valence-electron chi connectivity index (χ1n) is 5.57. The number of hydrogen-bond acceptors (Lipinski definition) is 3. The minimum absolute atomic E-state index is 0.144. The highest BCUT2D eigenvalue weighted by molar-refractivity contribution is 5.32. The first kappa shape index (κ1) is 12.6. The van der Waals surface area contributed by atoms with Crippen molar-refractivity contribution in [3.05, 3.63) is 39.9 Å². The van der Waals surface area contributed by atoms with E-state index in [1.807, 2.05) is 0 Å². The summed E-state index contributed by atoms with van der Waals surface area (Å²) in [6.45, 7) is 6.11. The lowest BCUT2D eigenvalue weighted by Crippen LogP contribution is -2.20. The van der Waals surface area contributed by atoms with E-state index in [4.69, 9.17) is 0 Å². The Bertz CT molecular complexity index is 335. The topological polar surface area (TPSA) is 55.2 Å². The van der Waals surface area contributed by atoms with Gasteiger partial charge in [0, 0.05) is 18.7 Å². The number of rotatable bonds is 6. The Balaban J connectivity index is 2.40. The van der Waals surface area contributed by atoms with Crippen LogP contribution in [0.3, 0.4) is 0 Å². The molecule has 0 fully saturated rings. The highest BCUT2D eigenvalue weighted by Crippen LogP contribution is 2.11. The molecular weight excluding hydrogens is 204 g/mol. The molecule has 1 atom stereocenters. The highest BCUT2D eigenvalue weighted by Gasteiger charge is 2.03. The van der Waals surface area contributed by atoms with E-state index in [1.54, 1.807) is 24.3 Å². The van der Waals surface area contributed by atoms with Crippen LogP contribution in [0.2, 0.25) is 0 Å². The van der Waals surface area contributed by atoms with Gasteiger partial charge in [-0.1, -0.05) is 32.4 Å². The van der Waals surface area contributed by atoms with Crippen molar-refractivity contribution in [3.8, 4) is 0 Å². The summed E-state index contributed by atoms with van der Waals surface area (Å²) < 4.78 is 0. The Hall–Kier alpha value is -1.42. The summed E-state index contributed by atoms with van der Waals surface area (Å²) in [5.41, 5.74) is 1.22. The number of hydrogen-bond donors (Lipinski definition) is 1. The lowest BCUT2D eigenvalue weighted by atomic mass is 10.1. The molecule has 0 spiro atoms. The Labute approximate surface area is 95.8 Å². The van der Waals surface area contributed by atoms with E-state index in [2.05, 4.69) is 19.2 Å². The van der Waals surface area contributed by atoms with E-state index in [9.17, 15) is 10.1 Å². The molecule has 88 valence electrons. The molecule has 0 aliphatic rings. The van der Waals surface area contributed by atoms with Gasteiger partial charge in [0.1, 0.15) is 0 Å². The minimum atomic E-state index is -0.379. The second kappa shape index (κ2) is 6.23. The first-order chi connectivity index (χ1) is 7.63. The summed E-state index contributed by atoms with van der Waals surface area (Å²) in [6.07, 6.45) is 1.16. The molecule has 0 aliphatic carbocycles. The normalized spacial score (nSPS) is 12.4. The van der Waals surface area contributed by atoms with Crippen LogP contribution in [0.4, 0.5) is 5.69 Å². The van der Waals surface area contributed by atoms with Crippen molar-refractivity contribution in [1.29, 1.82) is 0 Å². The quantitative estimate of drug-likeness (QED) is 0.594. The number of nitro groups is 1. The number of non-ortho nitro benzene ring substituents is 1. The average Bonchev–Trinajstić information content (AvgIpc) is 2.29. The molecular formula is C12H18N2O2. The third kappa shape index (κ3) is 3.98. The van der Waals surface area contributed by atoms with Gasteiger partial charge >= 0.3 is 0 Å². The van der Waals surface area contributed by atoms with E-state index in [1.165, 1.54) is 0 Å². The molecule has 0 radical (unpaired) electrons. The predicted octanol–water partition coefficient (Wildman–Crippen LogP) is 2.73. The van der Waals surface area contributed by atoms with Crippen molar-refractivity contribution < 1.29 is 4.92 Å². The van der Waals surface area contributed by atoms with Crippen molar-refractivity contribution >= 4 is 5.69 Å². The summed E-state index contributed by atoms with van der Waals surface area (Å²) >= 11 is 0. The van der Waals surface area contributed by atoms with Gasteiger partial charge in [-0.25, -0.2) is 0 Å². The van der Waals surface area contributed by atoms with Gasteiger partial charge in [0.15, 0.2) is 0 Å². The maximum absolute atomic E-state index is 10.4. The lowest BCUT2D eigenvalue weighted by Gasteiger charge is -2.09. The highest BCUT2D eigenvalue weighted by atomic mass is 16.6. The molecule has 16 heavy (non-hydrogen) atoms. The Morgan fingerprint density at radius 2 is 2.00 bits per heavy atom. The molecule has 0 heterocycles. The van der Waals surface area contributed by atoms with Crippen LogP contribution in [0.15, 0.2) is 24.3 Å². The van der Waals surface area contributed by atoms with Gasteiger partial charge in [-0.2, -0.15) is 0 Å². The van der Waals surface area contributed by atoms with Gasteiger partial charge in [-0.05, 0) is 18.0 Å². The van der Waals surface area contributed by atoms with E-state index in [0.717, 1.165) is 25.1 Å². The molecule has 0 bridgehead atoms. The number of nitro benzene ring substituents is 1. The molecule has 4 heteroatoms. The molecule has 0 aliphatic heterocycles. The maximum atomic E-state index is 10.4. The average molecular weight is 222 g/mol. The van der Waals surface area contributed by atoms with Crippen LogP contribution in [0.25, 0.3) is 0 Å². The third-order valence-electron chi connectivity index (χ3n) is 2.67. The summed E-state index contributed by atoms with van der Waals surface area (Å²) in [6, 6.07) is 6.67. The number of benzene rings is 1. The monoisotopic (exact) mass is 222 g/mol. The van der Waals surface area contributed by atoms with Crippen LogP contribution in [0.1, 0.15) is 25.8 Å². The smallest absolute Gasteiger partial charge is 0.269 e. The Kier molecular flexibility index (Phi) is 4.92. The molecule has 0 saturated carbocycles. The molecule has 4 nitrogen and oxygen atoms in total. The van der Waals surface area contributed by atoms with E-state index >= 15 is 0 Å². The van der Waals surface area contributed by atoms with E-state index in [0.29, 0.717) is 5.92 Å². The summed E-state index contributed by atoms with van der Waals surface area (Å²) in [5, 5.41) is 13.8. The first-order valence-corrected chi connectivity index (χ1v) is 5.57. The Morgan fingerprint density at radius 1 is 1.38 bits per heavy atom. The molecule has 0 amide bonds. The molecule has 1 unspecified atom stereocenters. The van der Waals surface area contributed by atoms with Crippen LogP contribution >= 0.6 is 0 Å². The van der Waals surface area contributed by atoms with Gasteiger partial charge in [0.2, 0.25) is 0 Å². The van der Waals surface area contributed by atoms with E-state index < -0.39 is 0 Å². The number of nitrogens with zero attached hydrogens (tertiary/aromatic N) is 1. The number of nitrogens with one attached hydrogen (secondary N) is 1. The van der Waals surface area contributed by atoms with Gasteiger partial charge in [0.25, 0.3) is 5.69 Å². The third-order valence-corrected chi connectivity index (χ3v) is 2.67. The molecule has 1 aromatic carbocycles. The molecule has 1 rings (SSSR count). The van der Waals surface area contributed by atoms with E-state index in [-0.39, 0.29) is 10.6 Å². The summed E-state index contributed by atoms with van der Waals surface area (Å²) in [4.78, 5) is 10.1. The Morgan fingerprint density at radius 3 is 2.50 bits per heavy atom. The summed E-state index contributed by atoms with van der Waals surface area (Å²) in [7, 11) is 0.